The van der Waals surface area contributed by atoms with Gasteiger partial charge in [-0.2, -0.15) is 26.3 Å². The number of carbonyl (C=O) groups is 2. The van der Waals surface area contributed by atoms with Gasteiger partial charge in [0.05, 0.1) is 21.0 Å². The number of hydrogen-bond acceptors (Lipinski definition) is 2. The average molecular weight is 618 g/mol. The molecule has 0 saturated heterocycles. The quantitative estimate of drug-likeness (QED) is 0.208. The summed E-state index contributed by atoms with van der Waals surface area (Å²) in [6, 6.07) is 5.19. The lowest BCUT2D eigenvalue weighted by molar-refractivity contribution is -0.139. The van der Waals surface area contributed by atoms with Gasteiger partial charge in [0, 0.05) is 5.56 Å². The van der Waals surface area contributed by atoms with Gasteiger partial charge in [-0.15, -0.1) is 0 Å². The number of aryl methyl sites for hydroxylation is 1. The molecule has 0 heterocycles. The third-order valence-electron chi connectivity index (χ3n) is 5.63. The van der Waals surface area contributed by atoms with E-state index in [4.69, 9.17) is 34.8 Å². The summed E-state index contributed by atoms with van der Waals surface area (Å²) in [6.45, 7) is 1.83. The SMILES string of the molecule is CCCC[C@@H](NC(=O)c1ccc(/C=C/C(c2cc(Cl)c(Cl)c(Cl)c2)C(F)(F)F)cc1C)C(=O)NCC(F)(F)F. The van der Waals surface area contributed by atoms with E-state index in [1.807, 2.05) is 6.92 Å². The highest BCUT2D eigenvalue weighted by molar-refractivity contribution is 6.48. The molecule has 2 atom stereocenters. The van der Waals surface area contributed by atoms with Gasteiger partial charge < -0.3 is 10.6 Å². The Morgan fingerprint density at radius 1 is 1.00 bits per heavy atom. The Morgan fingerprint density at radius 2 is 1.62 bits per heavy atom. The molecule has 1 unspecified atom stereocenters. The van der Waals surface area contributed by atoms with Gasteiger partial charge in [-0.05, 0) is 48.2 Å². The molecule has 2 aromatic carbocycles. The predicted molar refractivity (Wildman–Crippen MR) is 140 cm³/mol. The van der Waals surface area contributed by atoms with Crippen molar-refractivity contribution < 1.29 is 35.9 Å². The fraction of sp³-hybridized carbons (Fsp3) is 0.385. The summed E-state index contributed by atoms with van der Waals surface area (Å²) in [5, 5.41) is 3.90. The molecular formula is C26H25Cl3F6N2O2. The summed E-state index contributed by atoms with van der Waals surface area (Å²) in [5.74, 6) is -3.72. The topological polar surface area (TPSA) is 58.2 Å². The van der Waals surface area contributed by atoms with E-state index in [1.165, 1.54) is 31.2 Å². The minimum absolute atomic E-state index is 0.0637. The molecule has 214 valence electrons. The van der Waals surface area contributed by atoms with Gasteiger partial charge >= 0.3 is 12.4 Å². The van der Waals surface area contributed by atoms with Gasteiger partial charge in [0.1, 0.15) is 12.6 Å². The third kappa shape index (κ3) is 9.92. The molecule has 0 bridgehead atoms. The molecule has 13 heteroatoms. The summed E-state index contributed by atoms with van der Waals surface area (Å²) in [4.78, 5) is 25.1. The summed E-state index contributed by atoms with van der Waals surface area (Å²) in [7, 11) is 0. The predicted octanol–water partition coefficient (Wildman–Crippen LogP) is 8.28. The number of hydrogen-bond donors (Lipinski definition) is 2. The molecule has 2 rings (SSSR count). The zero-order valence-corrected chi connectivity index (χ0v) is 23.0. The molecule has 0 aliphatic carbocycles. The number of nitrogens with one attached hydrogen (secondary N) is 2. The van der Waals surface area contributed by atoms with E-state index in [2.05, 4.69) is 5.32 Å². The van der Waals surface area contributed by atoms with E-state index in [0.717, 1.165) is 18.2 Å². The van der Waals surface area contributed by atoms with Crippen molar-refractivity contribution in [1.82, 2.24) is 10.6 Å². The lowest BCUT2D eigenvalue weighted by atomic mass is 9.96. The Bertz CT molecular complexity index is 1190. The van der Waals surface area contributed by atoms with Gasteiger partial charge in [0.2, 0.25) is 5.91 Å². The second kappa shape index (κ2) is 13.8. The summed E-state index contributed by atoms with van der Waals surface area (Å²) in [5.41, 5.74) is 0.615. The van der Waals surface area contributed by atoms with Crippen molar-refractivity contribution >= 4 is 52.7 Å². The van der Waals surface area contributed by atoms with E-state index in [-0.39, 0.29) is 32.6 Å². The molecule has 0 saturated carbocycles. The van der Waals surface area contributed by atoms with Gasteiger partial charge in [-0.1, -0.05) is 78.9 Å². The lowest BCUT2D eigenvalue weighted by Crippen LogP contribution is -2.48. The Labute approximate surface area is 236 Å². The van der Waals surface area contributed by atoms with Crippen molar-refractivity contribution in [1.29, 1.82) is 0 Å². The van der Waals surface area contributed by atoms with Crippen LogP contribution < -0.4 is 10.6 Å². The van der Waals surface area contributed by atoms with Crippen LogP contribution in [0.5, 0.6) is 0 Å². The fourth-order valence-electron chi connectivity index (χ4n) is 3.64. The molecule has 0 aliphatic rings. The summed E-state index contributed by atoms with van der Waals surface area (Å²) >= 11 is 17.6. The highest BCUT2D eigenvalue weighted by atomic mass is 35.5. The Hall–Kier alpha value is -2.43. The van der Waals surface area contributed by atoms with Crippen LogP contribution in [-0.4, -0.2) is 36.8 Å². The minimum atomic E-state index is -4.67. The third-order valence-corrected chi connectivity index (χ3v) is 6.82. The zero-order chi connectivity index (χ0) is 29.5. The smallest absolute Gasteiger partial charge is 0.345 e. The molecular weight excluding hydrogens is 593 g/mol. The number of rotatable bonds is 10. The molecule has 0 aromatic heterocycles. The van der Waals surface area contributed by atoms with Crippen LogP contribution in [0.4, 0.5) is 26.3 Å². The van der Waals surface area contributed by atoms with Crippen molar-refractivity contribution in [2.24, 2.45) is 0 Å². The number of carbonyl (C=O) groups excluding carboxylic acids is 2. The van der Waals surface area contributed by atoms with Gasteiger partial charge in [-0.3, -0.25) is 9.59 Å². The highest BCUT2D eigenvalue weighted by Crippen LogP contribution is 2.41. The molecule has 2 aromatic rings. The first kappa shape index (κ1) is 32.8. The molecule has 0 spiro atoms. The molecule has 0 radical (unpaired) electrons. The first-order valence-corrected chi connectivity index (χ1v) is 12.8. The van der Waals surface area contributed by atoms with Crippen LogP contribution in [0.3, 0.4) is 0 Å². The highest BCUT2D eigenvalue weighted by Gasteiger charge is 2.39. The number of unbranched alkanes of at least 4 members (excludes halogenated alkanes) is 1. The van der Waals surface area contributed by atoms with Crippen LogP contribution >= 0.6 is 34.8 Å². The molecule has 0 aliphatic heterocycles. The van der Waals surface area contributed by atoms with Crippen molar-refractivity contribution in [3.05, 3.63) is 73.7 Å². The summed E-state index contributed by atoms with van der Waals surface area (Å²) < 4.78 is 78.9. The van der Waals surface area contributed by atoms with E-state index in [0.29, 0.717) is 24.0 Å². The second-order valence-electron chi connectivity index (χ2n) is 8.75. The standard InChI is InChI=1S/C26H25Cl3F6N2O2/c1-3-4-5-21(24(39)36-13-25(30,31)32)37-23(38)17-8-6-15(10-14(17)2)7-9-18(26(33,34)35)16-11-19(27)22(29)20(28)12-16/h6-12,18,21H,3-5,13H2,1-2H3,(H,36,39)(H,37,38)/b9-7+/t18?,21-/m1/s1. The van der Waals surface area contributed by atoms with Crippen LogP contribution in [-0.2, 0) is 4.79 Å². The van der Waals surface area contributed by atoms with Crippen LogP contribution in [0.1, 0.15) is 59.2 Å². The first-order valence-electron chi connectivity index (χ1n) is 11.7. The number of halogens is 9. The van der Waals surface area contributed by atoms with Crippen molar-refractivity contribution in [3.63, 3.8) is 0 Å². The average Bonchev–Trinajstić information content (AvgIpc) is 2.82. The van der Waals surface area contributed by atoms with E-state index in [1.54, 1.807) is 5.32 Å². The fourth-order valence-corrected chi connectivity index (χ4v) is 4.25. The van der Waals surface area contributed by atoms with Crippen LogP contribution in [0.25, 0.3) is 6.08 Å². The maximum absolute atomic E-state index is 13.8. The van der Waals surface area contributed by atoms with E-state index in [9.17, 15) is 35.9 Å². The molecule has 4 nitrogen and oxygen atoms in total. The van der Waals surface area contributed by atoms with E-state index >= 15 is 0 Å². The molecule has 39 heavy (non-hydrogen) atoms. The maximum Gasteiger partial charge on any atom is 0.405 e. The molecule has 0 fully saturated rings. The Morgan fingerprint density at radius 3 is 2.13 bits per heavy atom. The van der Waals surface area contributed by atoms with Gasteiger partial charge in [-0.25, -0.2) is 0 Å². The molecule has 2 N–H and O–H groups in total. The van der Waals surface area contributed by atoms with Gasteiger partial charge in [0.25, 0.3) is 5.91 Å². The van der Waals surface area contributed by atoms with Crippen molar-refractivity contribution in [3.8, 4) is 0 Å². The van der Waals surface area contributed by atoms with Crippen molar-refractivity contribution in [2.75, 3.05) is 6.54 Å². The van der Waals surface area contributed by atoms with Crippen LogP contribution in [0.2, 0.25) is 15.1 Å². The van der Waals surface area contributed by atoms with Crippen LogP contribution in [0.15, 0.2) is 36.4 Å². The number of benzene rings is 2. The van der Waals surface area contributed by atoms with Gasteiger partial charge in [0.15, 0.2) is 0 Å². The monoisotopic (exact) mass is 616 g/mol. The zero-order valence-electron chi connectivity index (χ0n) is 20.7. The largest absolute Gasteiger partial charge is 0.405 e. The molecule has 2 amide bonds. The Balaban J connectivity index is 2.24. The van der Waals surface area contributed by atoms with Crippen molar-refractivity contribution in [2.45, 2.75) is 57.4 Å². The first-order chi connectivity index (χ1) is 18.0. The number of allylic oxidation sites excluding steroid dienone is 1. The summed E-state index contributed by atoms with van der Waals surface area (Å²) in [6.07, 6.45) is -5.89. The Kier molecular flexibility index (Phi) is 11.6. The maximum atomic E-state index is 13.8. The normalized spacial score (nSPS) is 13.8. The lowest BCUT2D eigenvalue weighted by Gasteiger charge is -2.20. The second-order valence-corrected chi connectivity index (χ2v) is 9.94. The van der Waals surface area contributed by atoms with Crippen LogP contribution in [0, 0.1) is 6.92 Å². The number of alkyl halides is 6. The van der Waals surface area contributed by atoms with E-state index < -0.39 is 42.7 Å². The minimum Gasteiger partial charge on any atom is -0.345 e. The number of amides is 2.